The number of aryl methyl sites for hydroxylation is 1. The summed E-state index contributed by atoms with van der Waals surface area (Å²) in [6.45, 7) is 2.28. The van der Waals surface area contributed by atoms with Gasteiger partial charge in [0, 0.05) is 45.0 Å². The summed E-state index contributed by atoms with van der Waals surface area (Å²) in [4.78, 5) is 6.86. The van der Waals surface area contributed by atoms with Gasteiger partial charge < -0.3 is 4.57 Å². The van der Waals surface area contributed by atoms with E-state index >= 15 is 0 Å². The number of benzene rings is 1. The number of sulfonamides is 1. The van der Waals surface area contributed by atoms with Gasteiger partial charge in [-0.15, -0.1) is 0 Å². The summed E-state index contributed by atoms with van der Waals surface area (Å²) >= 11 is 0. The molecule has 0 saturated carbocycles. The minimum Gasteiger partial charge on any atom is -0.339 e. The van der Waals surface area contributed by atoms with Crippen molar-refractivity contribution in [2.75, 3.05) is 19.6 Å². The molecule has 5 rings (SSSR count). The Bertz CT molecular complexity index is 958. The summed E-state index contributed by atoms with van der Waals surface area (Å²) in [6, 6.07) is 11.9. The van der Waals surface area contributed by atoms with E-state index in [1.54, 1.807) is 21.4 Å². The van der Waals surface area contributed by atoms with Gasteiger partial charge in [-0.05, 0) is 43.1 Å². The number of rotatable bonds is 4. The van der Waals surface area contributed by atoms with Crippen LogP contribution >= 0.6 is 0 Å². The lowest BCUT2D eigenvalue weighted by atomic mass is 9.74. The molecule has 0 N–H and O–H groups in total. The lowest BCUT2D eigenvalue weighted by molar-refractivity contribution is -0.0403. The molecule has 0 amide bonds. The summed E-state index contributed by atoms with van der Waals surface area (Å²) in [5.74, 6) is 0.847. The highest BCUT2D eigenvalue weighted by Crippen LogP contribution is 2.41. The van der Waals surface area contributed by atoms with Crippen molar-refractivity contribution in [2.45, 2.75) is 49.2 Å². The first kappa shape index (κ1) is 19.3. The predicted octanol–water partition coefficient (Wildman–Crippen LogP) is 2.53. The smallest absolute Gasteiger partial charge is 0.262 e. The van der Waals surface area contributed by atoms with Gasteiger partial charge in [0.1, 0.15) is 0 Å². The molecule has 0 radical (unpaired) electrons. The first-order valence-electron chi connectivity index (χ1n) is 10.8. The molecule has 6 nitrogen and oxygen atoms in total. The van der Waals surface area contributed by atoms with Gasteiger partial charge in [-0.3, -0.25) is 4.90 Å². The maximum Gasteiger partial charge on any atom is 0.262 e. The Balaban J connectivity index is 1.34. The highest BCUT2D eigenvalue weighted by Gasteiger charge is 2.47. The second kappa shape index (κ2) is 7.52. The SMILES string of the molecule is Cn1cnc(S(=O)(=O)N2C[C@@H]3C[C@H](C2)[C@@H]2CCC[C@H](Cc4ccccc4)N2C3)c1. The van der Waals surface area contributed by atoms with Crippen molar-refractivity contribution in [3.63, 3.8) is 0 Å². The fraction of sp³-hybridized carbons (Fsp3) is 0.591. The summed E-state index contributed by atoms with van der Waals surface area (Å²) in [6.07, 6.45) is 9.13. The average Bonchev–Trinajstić information content (AvgIpc) is 3.16. The van der Waals surface area contributed by atoms with Crippen LogP contribution in [0.1, 0.15) is 31.2 Å². The van der Waals surface area contributed by atoms with Gasteiger partial charge in [0.05, 0.1) is 6.33 Å². The number of nitrogens with zero attached hydrogens (tertiary/aromatic N) is 4. The van der Waals surface area contributed by atoms with Crippen LogP contribution in [0.4, 0.5) is 0 Å². The maximum absolute atomic E-state index is 13.1. The third-order valence-corrected chi connectivity index (χ3v) is 8.80. The fourth-order valence-corrected chi connectivity index (χ4v) is 7.36. The summed E-state index contributed by atoms with van der Waals surface area (Å²) < 4.78 is 29.7. The van der Waals surface area contributed by atoms with Crippen LogP contribution in [-0.4, -0.2) is 58.9 Å². The number of hydrogen-bond donors (Lipinski definition) is 0. The number of fused-ring (bicyclic) bond motifs is 4. The van der Waals surface area contributed by atoms with Gasteiger partial charge >= 0.3 is 0 Å². The Hall–Kier alpha value is -1.70. The third kappa shape index (κ3) is 3.64. The summed E-state index contributed by atoms with van der Waals surface area (Å²) in [7, 11) is -1.69. The Kier molecular flexibility index (Phi) is 5.00. The Morgan fingerprint density at radius 3 is 2.69 bits per heavy atom. The van der Waals surface area contributed by atoms with Crippen molar-refractivity contribution >= 4 is 10.0 Å². The van der Waals surface area contributed by atoms with E-state index in [0.29, 0.717) is 37.0 Å². The zero-order valence-corrected chi connectivity index (χ0v) is 17.8. The van der Waals surface area contributed by atoms with Gasteiger partial charge in [-0.1, -0.05) is 36.8 Å². The van der Waals surface area contributed by atoms with Gasteiger partial charge in [-0.2, -0.15) is 4.31 Å². The largest absolute Gasteiger partial charge is 0.339 e. The minimum absolute atomic E-state index is 0.183. The van der Waals surface area contributed by atoms with E-state index in [1.807, 2.05) is 7.05 Å². The van der Waals surface area contributed by atoms with Crippen LogP contribution in [0.25, 0.3) is 0 Å². The molecular formula is C22H30N4O2S. The molecule has 1 aromatic heterocycles. The molecule has 3 fully saturated rings. The van der Waals surface area contributed by atoms with E-state index in [4.69, 9.17) is 0 Å². The normalized spacial score (nSPS) is 30.8. The van der Waals surface area contributed by atoms with Crippen LogP contribution in [0.5, 0.6) is 0 Å². The van der Waals surface area contributed by atoms with Crippen molar-refractivity contribution in [1.29, 1.82) is 0 Å². The number of hydrogen-bond acceptors (Lipinski definition) is 4. The zero-order chi connectivity index (χ0) is 20.0. The Labute approximate surface area is 173 Å². The topological polar surface area (TPSA) is 58.4 Å². The number of imidazole rings is 1. The van der Waals surface area contributed by atoms with Gasteiger partial charge in [0.15, 0.2) is 5.03 Å². The van der Waals surface area contributed by atoms with Crippen LogP contribution in [0.15, 0.2) is 47.9 Å². The molecule has 7 heteroatoms. The van der Waals surface area contributed by atoms with E-state index in [0.717, 1.165) is 19.4 Å². The lowest BCUT2D eigenvalue weighted by Gasteiger charge is -2.54. The molecule has 29 heavy (non-hydrogen) atoms. The third-order valence-electron chi connectivity index (χ3n) is 7.08. The van der Waals surface area contributed by atoms with Crippen LogP contribution in [0.2, 0.25) is 0 Å². The first-order valence-corrected chi connectivity index (χ1v) is 12.2. The molecule has 4 heterocycles. The fourth-order valence-electron chi connectivity index (χ4n) is 5.82. The number of piperidine rings is 3. The highest BCUT2D eigenvalue weighted by atomic mass is 32.2. The zero-order valence-electron chi connectivity index (χ0n) is 17.0. The maximum atomic E-state index is 13.1. The molecule has 1 aromatic carbocycles. The predicted molar refractivity (Wildman–Crippen MR) is 112 cm³/mol. The minimum atomic E-state index is -3.50. The second-order valence-corrected chi connectivity index (χ2v) is 11.0. The van der Waals surface area contributed by atoms with E-state index < -0.39 is 10.0 Å². The summed E-state index contributed by atoms with van der Waals surface area (Å²) in [5, 5.41) is 0.183. The molecule has 2 aromatic rings. The average molecular weight is 415 g/mol. The van der Waals surface area contributed by atoms with Crippen LogP contribution < -0.4 is 0 Å². The van der Waals surface area contributed by atoms with Crippen molar-refractivity contribution in [3.05, 3.63) is 48.4 Å². The quantitative estimate of drug-likeness (QED) is 0.771. The first-order chi connectivity index (χ1) is 14.0. The molecular weight excluding hydrogens is 384 g/mol. The standard InChI is InChI=1S/C22H30N4O2S/c1-24-15-22(23-16-24)29(27,28)25-12-18-10-19(14-25)21-9-5-8-20(26(21)13-18)11-17-6-3-2-4-7-17/h2-4,6-7,15-16,18-21H,5,8-14H2,1H3/t18-,19+,20+,21-/m0/s1. The van der Waals surface area contributed by atoms with E-state index in [9.17, 15) is 8.42 Å². The molecule has 156 valence electrons. The van der Waals surface area contributed by atoms with Crippen molar-refractivity contribution in [1.82, 2.24) is 18.8 Å². The van der Waals surface area contributed by atoms with Crippen molar-refractivity contribution in [3.8, 4) is 0 Å². The molecule has 0 aliphatic carbocycles. The summed E-state index contributed by atoms with van der Waals surface area (Å²) in [5.41, 5.74) is 1.41. The van der Waals surface area contributed by atoms with E-state index in [1.165, 1.54) is 24.8 Å². The monoisotopic (exact) mass is 414 g/mol. The van der Waals surface area contributed by atoms with E-state index in [2.05, 4.69) is 40.2 Å². The van der Waals surface area contributed by atoms with Crippen LogP contribution in [0.3, 0.4) is 0 Å². The molecule has 3 aliphatic heterocycles. The van der Waals surface area contributed by atoms with Crippen molar-refractivity contribution in [2.24, 2.45) is 18.9 Å². The van der Waals surface area contributed by atoms with Gasteiger partial charge in [-0.25, -0.2) is 13.4 Å². The molecule has 2 bridgehead atoms. The van der Waals surface area contributed by atoms with Crippen LogP contribution in [0, 0.1) is 11.8 Å². The molecule has 4 atom stereocenters. The van der Waals surface area contributed by atoms with Crippen molar-refractivity contribution < 1.29 is 8.42 Å². The highest BCUT2D eigenvalue weighted by molar-refractivity contribution is 7.89. The lowest BCUT2D eigenvalue weighted by Crippen LogP contribution is -2.62. The van der Waals surface area contributed by atoms with Gasteiger partial charge in [0.25, 0.3) is 10.0 Å². The van der Waals surface area contributed by atoms with E-state index in [-0.39, 0.29) is 5.03 Å². The molecule has 0 spiro atoms. The second-order valence-electron chi connectivity index (χ2n) is 9.10. The molecule has 3 saturated heterocycles. The Morgan fingerprint density at radius 1 is 1.10 bits per heavy atom. The van der Waals surface area contributed by atoms with Gasteiger partial charge in [0.2, 0.25) is 0 Å². The Morgan fingerprint density at radius 2 is 1.93 bits per heavy atom. The number of aromatic nitrogens is 2. The molecule has 0 unspecified atom stereocenters. The van der Waals surface area contributed by atoms with Crippen LogP contribution in [-0.2, 0) is 23.5 Å². The molecule has 3 aliphatic rings.